The molecular formula is C28H26FN7O. The van der Waals surface area contributed by atoms with E-state index in [1.807, 2.05) is 36.5 Å². The van der Waals surface area contributed by atoms with Crippen LogP contribution >= 0.6 is 0 Å². The molecule has 0 amide bonds. The van der Waals surface area contributed by atoms with Crippen LogP contribution in [0.3, 0.4) is 0 Å². The van der Waals surface area contributed by atoms with E-state index in [-0.39, 0.29) is 17.2 Å². The van der Waals surface area contributed by atoms with Gasteiger partial charge in [-0.05, 0) is 53.5 Å². The molecule has 0 radical (unpaired) electrons. The van der Waals surface area contributed by atoms with E-state index in [0.717, 1.165) is 58.7 Å². The molecule has 2 aromatic carbocycles. The van der Waals surface area contributed by atoms with E-state index in [9.17, 15) is 4.39 Å². The maximum Gasteiger partial charge on any atom is 0.177 e. The molecule has 4 heterocycles. The Morgan fingerprint density at radius 1 is 1.14 bits per heavy atom. The molecule has 5 aromatic rings. The van der Waals surface area contributed by atoms with Gasteiger partial charge in [0.05, 0.1) is 13.3 Å². The van der Waals surface area contributed by atoms with Crippen LogP contribution in [-0.4, -0.2) is 51.9 Å². The summed E-state index contributed by atoms with van der Waals surface area (Å²) in [6.07, 6.45) is 6.30. The standard InChI is InChI=1S/C28H26FN7O/c1-37-23-7-6-17(16-8-10-31-12-18(16)23)25-26-27(35-34-25)33-24(13-32-26)36-11-9-19-21(14-36)28(19,15-30)20-4-2-3-5-22(20)29/h2-8,10,12-13,19,21H,9,11,14-15,30H2,1H3,(H,33,34,35)/t19-,21+,28-/m1/s1. The van der Waals surface area contributed by atoms with Crippen LogP contribution in [0.15, 0.2) is 61.1 Å². The Bertz CT molecular complexity index is 1650. The highest BCUT2D eigenvalue weighted by atomic mass is 19.1. The van der Waals surface area contributed by atoms with E-state index in [0.29, 0.717) is 23.6 Å². The van der Waals surface area contributed by atoms with Crippen molar-refractivity contribution in [2.24, 2.45) is 17.6 Å². The highest BCUT2D eigenvalue weighted by Gasteiger charge is 2.66. The van der Waals surface area contributed by atoms with Crippen LogP contribution < -0.4 is 15.4 Å². The Labute approximate surface area is 212 Å². The van der Waals surface area contributed by atoms with E-state index in [2.05, 4.69) is 20.1 Å². The highest BCUT2D eigenvalue weighted by molar-refractivity contribution is 6.03. The minimum absolute atomic E-state index is 0.165. The van der Waals surface area contributed by atoms with Crippen LogP contribution in [0.5, 0.6) is 5.75 Å². The zero-order chi connectivity index (χ0) is 25.1. The highest BCUT2D eigenvalue weighted by Crippen LogP contribution is 2.63. The number of nitrogens with two attached hydrogens (primary N) is 1. The van der Waals surface area contributed by atoms with Gasteiger partial charge in [-0.15, -0.1) is 0 Å². The molecule has 7 rings (SSSR count). The number of hydrogen-bond acceptors (Lipinski definition) is 7. The van der Waals surface area contributed by atoms with Crippen molar-refractivity contribution in [1.82, 2.24) is 25.1 Å². The lowest BCUT2D eigenvalue weighted by Crippen LogP contribution is -2.32. The van der Waals surface area contributed by atoms with Crippen molar-refractivity contribution >= 4 is 27.8 Å². The summed E-state index contributed by atoms with van der Waals surface area (Å²) in [5, 5.41) is 9.55. The third kappa shape index (κ3) is 3.16. The summed E-state index contributed by atoms with van der Waals surface area (Å²) >= 11 is 0. The summed E-state index contributed by atoms with van der Waals surface area (Å²) < 4.78 is 20.2. The summed E-state index contributed by atoms with van der Waals surface area (Å²) in [6.45, 7) is 2.04. The monoisotopic (exact) mass is 495 g/mol. The number of fused-ring (bicyclic) bond motifs is 3. The van der Waals surface area contributed by atoms with E-state index in [1.165, 1.54) is 6.07 Å². The summed E-state index contributed by atoms with van der Waals surface area (Å²) in [5.41, 5.74) is 9.71. The molecule has 2 aliphatic rings. The van der Waals surface area contributed by atoms with Crippen LogP contribution in [0.2, 0.25) is 0 Å². The maximum atomic E-state index is 14.7. The fraction of sp³-hybridized carbons (Fsp3) is 0.286. The lowest BCUT2D eigenvalue weighted by Gasteiger charge is -2.26. The zero-order valence-electron chi connectivity index (χ0n) is 20.4. The first-order valence-corrected chi connectivity index (χ1v) is 12.5. The molecule has 0 unspecified atom stereocenters. The van der Waals surface area contributed by atoms with Gasteiger partial charge in [0.1, 0.15) is 28.6 Å². The zero-order valence-corrected chi connectivity index (χ0v) is 20.4. The minimum atomic E-state index is -0.303. The summed E-state index contributed by atoms with van der Waals surface area (Å²) in [5.74, 6) is 2.06. The smallest absolute Gasteiger partial charge is 0.177 e. The summed E-state index contributed by atoms with van der Waals surface area (Å²) in [7, 11) is 1.65. The molecule has 1 aliphatic carbocycles. The van der Waals surface area contributed by atoms with Crippen LogP contribution in [-0.2, 0) is 5.41 Å². The number of pyridine rings is 1. The third-order valence-electron chi connectivity index (χ3n) is 8.37. The normalized spacial score (nSPS) is 22.8. The van der Waals surface area contributed by atoms with E-state index in [4.69, 9.17) is 20.4 Å². The fourth-order valence-corrected chi connectivity index (χ4v) is 6.52. The molecule has 1 aliphatic heterocycles. The van der Waals surface area contributed by atoms with E-state index in [1.54, 1.807) is 25.6 Å². The largest absolute Gasteiger partial charge is 0.496 e. The molecule has 1 saturated carbocycles. The van der Waals surface area contributed by atoms with Gasteiger partial charge in [-0.1, -0.05) is 18.2 Å². The van der Waals surface area contributed by atoms with Gasteiger partial charge in [0, 0.05) is 48.4 Å². The summed E-state index contributed by atoms with van der Waals surface area (Å²) in [4.78, 5) is 16.1. The predicted octanol–water partition coefficient (Wildman–Crippen LogP) is 4.07. The molecule has 9 heteroatoms. The van der Waals surface area contributed by atoms with Crippen molar-refractivity contribution in [3.05, 3.63) is 72.4 Å². The number of nitrogens with one attached hydrogen (secondary N) is 1. The number of aromatic nitrogens is 5. The van der Waals surface area contributed by atoms with E-state index < -0.39 is 0 Å². The molecule has 8 nitrogen and oxygen atoms in total. The number of anilines is 1. The fourth-order valence-electron chi connectivity index (χ4n) is 6.52. The number of benzene rings is 2. The van der Waals surface area contributed by atoms with Gasteiger partial charge >= 0.3 is 0 Å². The lowest BCUT2D eigenvalue weighted by molar-refractivity contribution is 0.420. The number of halogens is 1. The Kier molecular flexibility index (Phi) is 4.91. The number of rotatable bonds is 5. The molecule has 3 aromatic heterocycles. The van der Waals surface area contributed by atoms with Crippen molar-refractivity contribution < 1.29 is 9.13 Å². The number of H-pyrrole nitrogens is 1. The predicted molar refractivity (Wildman–Crippen MR) is 140 cm³/mol. The first kappa shape index (κ1) is 22.1. The Morgan fingerprint density at radius 2 is 2.03 bits per heavy atom. The molecule has 3 N–H and O–H groups in total. The molecular weight excluding hydrogens is 469 g/mol. The van der Waals surface area contributed by atoms with Gasteiger partial charge in [-0.3, -0.25) is 10.1 Å². The van der Waals surface area contributed by atoms with Crippen molar-refractivity contribution in [3.63, 3.8) is 0 Å². The second kappa shape index (κ2) is 8.21. The van der Waals surface area contributed by atoms with Gasteiger partial charge in [0.2, 0.25) is 0 Å². The number of piperidine rings is 1. The third-order valence-corrected chi connectivity index (χ3v) is 8.37. The van der Waals surface area contributed by atoms with Gasteiger partial charge < -0.3 is 15.4 Å². The summed E-state index contributed by atoms with van der Waals surface area (Å²) in [6, 6.07) is 12.9. The number of methoxy groups -OCH3 is 1. The van der Waals surface area contributed by atoms with Gasteiger partial charge in [-0.25, -0.2) is 14.4 Å². The van der Waals surface area contributed by atoms with Gasteiger partial charge in [-0.2, -0.15) is 5.10 Å². The van der Waals surface area contributed by atoms with Crippen molar-refractivity contribution in [1.29, 1.82) is 0 Å². The van der Waals surface area contributed by atoms with Gasteiger partial charge in [0.15, 0.2) is 5.65 Å². The quantitative estimate of drug-likeness (QED) is 0.379. The topological polar surface area (TPSA) is 106 Å². The second-order valence-corrected chi connectivity index (χ2v) is 9.91. The van der Waals surface area contributed by atoms with Crippen LogP contribution in [0.25, 0.3) is 33.2 Å². The molecule has 0 spiro atoms. The van der Waals surface area contributed by atoms with Crippen LogP contribution in [0.4, 0.5) is 10.2 Å². The molecule has 1 saturated heterocycles. The Balaban J connectivity index is 1.21. The van der Waals surface area contributed by atoms with Crippen molar-refractivity contribution in [3.8, 4) is 17.0 Å². The van der Waals surface area contributed by atoms with Crippen LogP contribution in [0.1, 0.15) is 12.0 Å². The van der Waals surface area contributed by atoms with Crippen LogP contribution in [0, 0.1) is 17.7 Å². The molecule has 186 valence electrons. The second-order valence-electron chi connectivity index (χ2n) is 9.91. The Morgan fingerprint density at radius 3 is 2.86 bits per heavy atom. The van der Waals surface area contributed by atoms with Crippen molar-refractivity contribution in [2.75, 3.05) is 31.6 Å². The number of ether oxygens (including phenoxy) is 1. The average Bonchev–Trinajstić information content (AvgIpc) is 3.41. The molecule has 37 heavy (non-hydrogen) atoms. The first-order valence-electron chi connectivity index (χ1n) is 12.5. The number of nitrogens with zero attached hydrogens (tertiary/aromatic N) is 5. The minimum Gasteiger partial charge on any atom is -0.496 e. The number of hydrogen-bond donors (Lipinski definition) is 2. The van der Waals surface area contributed by atoms with Crippen molar-refractivity contribution in [2.45, 2.75) is 11.8 Å². The molecule has 2 fully saturated rings. The number of aromatic amines is 1. The van der Waals surface area contributed by atoms with Gasteiger partial charge in [0.25, 0.3) is 0 Å². The SMILES string of the molecule is COc1ccc(-c2n[nH]c3nc(N4CC[C@@H]5[C@H](C4)[C@@]5(CN)c4ccccc4F)cnc23)c2ccncc12. The average molecular weight is 496 g/mol. The molecule has 0 bridgehead atoms. The first-order chi connectivity index (χ1) is 18.2. The Hall–Kier alpha value is -4.11. The maximum absolute atomic E-state index is 14.7. The lowest BCUT2D eigenvalue weighted by atomic mass is 9.91. The van der Waals surface area contributed by atoms with E-state index >= 15 is 0 Å². The molecule has 3 atom stereocenters.